The molecule has 1 heterocycles. The highest BCUT2D eigenvalue weighted by atomic mass is 79.9. The smallest absolute Gasteiger partial charge is 0.224 e. The summed E-state index contributed by atoms with van der Waals surface area (Å²) in [6, 6.07) is 5.74. The largest absolute Gasteiger partial charge is 0.497 e. The van der Waals surface area contributed by atoms with Crippen LogP contribution in [-0.4, -0.2) is 23.6 Å². The molecule has 0 aliphatic heterocycles. The van der Waals surface area contributed by atoms with E-state index < -0.39 is 0 Å². The molecular weight excluding hydrogens is 388 g/mol. The molecule has 0 amide bonds. The predicted molar refractivity (Wildman–Crippen MR) is 87.9 cm³/mol. The Bertz CT molecular complexity index is 607. The summed E-state index contributed by atoms with van der Waals surface area (Å²) >= 11 is 6.88. The Hall–Kier alpha value is -1.34. The lowest BCUT2D eigenvalue weighted by Crippen LogP contribution is -2.04. The molecule has 0 radical (unpaired) electrons. The van der Waals surface area contributed by atoms with Crippen LogP contribution < -0.4 is 15.4 Å². The predicted octanol–water partition coefficient (Wildman–Crippen LogP) is 4.19. The molecule has 0 bridgehead atoms. The highest BCUT2D eigenvalue weighted by Crippen LogP contribution is 2.29. The molecule has 20 heavy (non-hydrogen) atoms. The fourth-order valence-electron chi connectivity index (χ4n) is 1.59. The van der Waals surface area contributed by atoms with Crippen LogP contribution in [0, 0.1) is 0 Å². The van der Waals surface area contributed by atoms with Crippen molar-refractivity contribution in [2.24, 2.45) is 0 Å². The molecule has 0 spiro atoms. The number of anilines is 3. The zero-order valence-electron chi connectivity index (χ0n) is 11.1. The average Bonchev–Trinajstić information content (AvgIpc) is 2.42. The van der Waals surface area contributed by atoms with E-state index in [9.17, 15) is 0 Å². The van der Waals surface area contributed by atoms with E-state index in [0.29, 0.717) is 11.8 Å². The van der Waals surface area contributed by atoms with E-state index in [0.717, 1.165) is 26.9 Å². The average molecular weight is 402 g/mol. The Labute approximate surface area is 134 Å². The van der Waals surface area contributed by atoms with Gasteiger partial charge in [0.05, 0.1) is 11.6 Å². The van der Waals surface area contributed by atoms with E-state index in [1.165, 1.54) is 0 Å². The van der Waals surface area contributed by atoms with Crippen LogP contribution in [0.2, 0.25) is 0 Å². The van der Waals surface area contributed by atoms with E-state index in [1.54, 1.807) is 13.3 Å². The summed E-state index contributed by atoms with van der Waals surface area (Å²) < 4.78 is 6.96. The topological polar surface area (TPSA) is 59.1 Å². The standard InChI is InChI=1S/C13H14Br2N4O/c1-3-16-13-17-7-11(15)12(19-13)18-9-4-8(14)5-10(6-9)20-2/h4-7H,3H2,1-2H3,(H2,16,17,18,19). The first-order chi connectivity index (χ1) is 9.62. The van der Waals surface area contributed by atoms with Crippen LogP contribution in [-0.2, 0) is 0 Å². The Morgan fingerprint density at radius 3 is 2.75 bits per heavy atom. The van der Waals surface area contributed by atoms with Gasteiger partial charge in [0.1, 0.15) is 11.6 Å². The SMILES string of the molecule is CCNc1ncc(Br)c(Nc2cc(Br)cc(OC)c2)n1. The Kier molecular flexibility index (Phi) is 5.19. The molecule has 0 saturated carbocycles. The minimum Gasteiger partial charge on any atom is -0.497 e. The third kappa shape index (κ3) is 3.83. The van der Waals surface area contributed by atoms with Crippen molar-refractivity contribution in [3.05, 3.63) is 33.3 Å². The van der Waals surface area contributed by atoms with Crippen LogP contribution in [0.25, 0.3) is 0 Å². The van der Waals surface area contributed by atoms with Crippen LogP contribution in [0.5, 0.6) is 5.75 Å². The molecule has 0 aliphatic carbocycles. The number of ether oxygens (including phenoxy) is 1. The van der Waals surface area contributed by atoms with Gasteiger partial charge in [-0.15, -0.1) is 0 Å². The second-order valence-electron chi connectivity index (χ2n) is 3.93. The van der Waals surface area contributed by atoms with Gasteiger partial charge in [-0.2, -0.15) is 4.98 Å². The summed E-state index contributed by atoms with van der Waals surface area (Å²) in [6.07, 6.45) is 1.71. The zero-order chi connectivity index (χ0) is 14.5. The summed E-state index contributed by atoms with van der Waals surface area (Å²) in [5.41, 5.74) is 0.873. The molecule has 0 saturated heterocycles. The van der Waals surface area contributed by atoms with Crippen molar-refractivity contribution >= 4 is 49.3 Å². The lowest BCUT2D eigenvalue weighted by molar-refractivity contribution is 0.415. The highest BCUT2D eigenvalue weighted by Gasteiger charge is 2.07. The molecule has 1 aromatic heterocycles. The number of methoxy groups -OCH3 is 1. The number of aromatic nitrogens is 2. The Morgan fingerprint density at radius 2 is 2.05 bits per heavy atom. The molecule has 2 N–H and O–H groups in total. The molecule has 5 nitrogen and oxygen atoms in total. The van der Waals surface area contributed by atoms with E-state index in [1.807, 2.05) is 25.1 Å². The molecule has 0 aliphatic rings. The number of nitrogens with zero attached hydrogens (tertiary/aromatic N) is 2. The van der Waals surface area contributed by atoms with Gasteiger partial charge >= 0.3 is 0 Å². The lowest BCUT2D eigenvalue weighted by Gasteiger charge is -2.11. The van der Waals surface area contributed by atoms with Crippen molar-refractivity contribution in [3.63, 3.8) is 0 Å². The third-order valence-electron chi connectivity index (χ3n) is 2.45. The maximum atomic E-state index is 5.24. The first-order valence-corrected chi connectivity index (χ1v) is 7.59. The number of nitrogens with one attached hydrogen (secondary N) is 2. The van der Waals surface area contributed by atoms with Gasteiger partial charge in [-0.25, -0.2) is 4.98 Å². The van der Waals surface area contributed by atoms with Crippen LogP contribution in [0.3, 0.4) is 0 Å². The molecular formula is C13H14Br2N4O. The van der Waals surface area contributed by atoms with Gasteiger partial charge in [-0.05, 0) is 35.0 Å². The van der Waals surface area contributed by atoms with Crippen LogP contribution in [0.4, 0.5) is 17.5 Å². The molecule has 7 heteroatoms. The Morgan fingerprint density at radius 1 is 1.25 bits per heavy atom. The molecule has 0 fully saturated rings. The molecule has 2 rings (SSSR count). The molecule has 106 valence electrons. The van der Waals surface area contributed by atoms with Crippen LogP contribution in [0.1, 0.15) is 6.92 Å². The summed E-state index contributed by atoms with van der Waals surface area (Å²) in [7, 11) is 1.63. The van der Waals surface area contributed by atoms with Crippen molar-refractivity contribution in [2.75, 3.05) is 24.3 Å². The van der Waals surface area contributed by atoms with Gasteiger partial charge in [0.15, 0.2) is 0 Å². The maximum absolute atomic E-state index is 5.24. The number of hydrogen-bond acceptors (Lipinski definition) is 5. The summed E-state index contributed by atoms with van der Waals surface area (Å²) in [6.45, 7) is 2.77. The van der Waals surface area contributed by atoms with Gasteiger partial charge < -0.3 is 15.4 Å². The van der Waals surface area contributed by atoms with Gasteiger partial charge in [0, 0.05) is 29.0 Å². The number of halogens is 2. The summed E-state index contributed by atoms with van der Waals surface area (Å²) in [4.78, 5) is 8.58. The van der Waals surface area contributed by atoms with Crippen molar-refractivity contribution in [1.82, 2.24) is 9.97 Å². The van der Waals surface area contributed by atoms with E-state index in [-0.39, 0.29) is 0 Å². The fraction of sp³-hybridized carbons (Fsp3) is 0.231. The van der Waals surface area contributed by atoms with E-state index in [2.05, 4.69) is 52.5 Å². The molecule has 1 aromatic carbocycles. The Balaban J connectivity index is 2.29. The summed E-state index contributed by atoms with van der Waals surface area (Å²) in [5.74, 6) is 2.04. The van der Waals surface area contributed by atoms with Crippen molar-refractivity contribution < 1.29 is 4.74 Å². The van der Waals surface area contributed by atoms with Crippen LogP contribution in [0.15, 0.2) is 33.3 Å². The van der Waals surface area contributed by atoms with Crippen molar-refractivity contribution in [2.45, 2.75) is 6.92 Å². The third-order valence-corrected chi connectivity index (χ3v) is 3.49. The zero-order valence-corrected chi connectivity index (χ0v) is 14.2. The minimum absolute atomic E-state index is 0.583. The monoisotopic (exact) mass is 400 g/mol. The first-order valence-electron chi connectivity index (χ1n) is 6.00. The second kappa shape index (κ2) is 6.90. The highest BCUT2D eigenvalue weighted by molar-refractivity contribution is 9.10. The maximum Gasteiger partial charge on any atom is 0.224 e. The minimum atomic E-state index is 0.583. The molecule has 2 aromatic rings. The number of hydrogen-bond donors (Lipinski definition) is 2. The van der Waals surface area contributed by atoms with Crippen LogP contribution >= 0.6 is 31.9 Å². The first kappa shape index (κ1) is 15.1. The second-order valence-corrected chi connectivity index (χ2v) is 5.70. The van der Waals surface area contributed by atoms with E-state index in [4.69, 9.17) is 4.74 Å². The number of benzene rings is 1. The number of rotatable bonds is 5. The van der Waals surface area contributed by atoms with Gasteiger partial charge in [-0.3, -0.25) is 0 Å². The van der Waals surface area contributed by atoms with Gasteiger partial charge in [0.25, 0.3) is 0 Å². The molecule has 0 unspecified atom stereocenters. The fourth-order valence-corrected chi connectivity index (χ4v) is 2.35. The normalized spacial score (nSPS) is 10.2. The van der Waals surface area contributed by atoms with E-state index >= 15 is 0 Å². The van der Waals surface area contributed by atoms with Crippen molar-refractivity contribution in [1.29, 1.82) is 0 Å². The quantitative estimate of drug-likeness (QED) is 0.786. The van der Waals surface area contributed by atoms with Crippen molar-refractivity contribution in [3.8, 4) is 5.75 Å². The lowest BCUT2D eigenvalue weighted by atomic mass is 10.3. The van der Waals surface area contributed by atoms with Gasteiger partial charge in [-0.1, -0.05) is 15.9 Å². The summed E-state index contributed by atoms with van der Waals surface area (Å²) in [5, 5.41) is 6.32. The molecule has 0 atom stereocenters. The van der Waals surface area contributed by atoms with Gasteiger partial charge in [0.2, 0.25) is 5.95 Å².